The topological polar surface area (TPSA) is 70.2 Å². The lowest BCUT2D eigenvalue weighted by Gasteiger charge is -2.22. The third-order valence-electron chi connectivity index (χ3n) is 3.57. The quantitative estimate of drug-likeness (QED) is 0.793. The van der Waals surface area contributed by atoms with Gasteiger partial charge in [-0.25, -0.2) is 4.79 Å². The Morgan fingerprint density at radius 1 is 1.05 bits per heavy atom. The van der Waals surface area contributed by atoms with Crippen molar-refractivity contribution < 1.29 is 9.59 Å². The molecule has 0 spiro atoms. The summed E-state index contributed by atoms with van der Waals surface area (Å²) in [5, 5.41) is 8.20. The molecular formula is C15H21N3O2. The number of urea groups is 1. The average molecular weight is 275 g/mol. The van der Waals surface area contributed by atoms with E-state index in [1.165, 1.54) is 19.3 Å². The van der Waals surface area contributed by atoms with E-state index in [0.29, 0.717) is 17.3 Å². The van der Waals surface area contributed by atoms with Crippen LogP contribution in [0, 0.1) is 0 Å². The first kappa shape index (κ1) is 14.4. The molecule has 1 fully saturated rings. The normalized spacial score (nSPS) is 15.4. The smallest absolute Gasteiger partial charge is 0.318 e. The Morgan fingerprint density at radius 2 is 1.70 bits per heavy atom. The summed E-state index contributed by atoms with van der Waals surface area (Å²) in [6.45, 7) is 0. The molecule has 0 radical (unpaired) electrons. The van der Waals surface area contributed by atoms with Gasteiger partial charge in [-0.2, -0.15) is 0 Å². The molecule has 0 unspecified atom stereocenters. The first-order valence-electron chi connectivity index (χ1n) is 7.08. The van der Waals surface area contributed by atoms with Crippen LogP contribution in [-0.2, 0) is 0 Å². The maximum Gasteiger partial charge on any atom is 0.318 e. The number of amides is 3. The third-order valence-corrected chi connectivity index (χ3v) is 3.57. The molecule has 0 atom stereocenters. The van der Waals surface area contributed by atoms with Gasteiger partial charge < -0.3 is 16.0 Å². The zero-order valence-electron chi connectivity index (χ0n) is 11.7. The minimum absolute atomic E-state index is 0.0385. The molecule has 0 saturated heterocycles. The molecule has 0 aliphatic heterocycles. The van der Waals surface area contributed by atoms with Crippen LogP contribution in [-0.4, -0.2) is 25.0 Å². The SMILES string of the molecule is CNC(=O)Nc1ccc(C(=O)NC2CCCCC2)cc1. The molecule has 1 aromatic carbocycles. The lowest BCUT2D eigenvalue weighted by atomic mass is 9.95. The number of anilines is 1. The van der Waals surface area contributed by atoms with Gasteiger partial charge in [-0.3, -0.25) is 4.79 Å². The van der Waals surface area contributed by atoms with Gasteiger partial charge in [-0.1, -0.05) is 19.3 Å². The highest BCUT2D eigenvalue weighted by Crippen LogP contribution is 2.18. The highest BCUT2D eigenvalue weighted by molar-refractivity contribution is 5.95. The highest BCUT2D eigenvalue weighted by atomic mass is 16.2. The second kappa shape index (κ2) is 6.93. The third kappa shape index (κ3) is 3.98. The summed E-state index contributed by atoms with van der Waals surface area (Å²) < 4.78 is 0. The Morgan fingerprint density at radius 3 is 2.30 bits per heavy atom. The van der Waals surface area contributed by atoms with Gasteiger partial charge in [0, 0.05) is 24.3 Å². The van der Waals surface area contributed by atoms with E-state index in [-0.39, 0.29) is 11.9 Å². The number of hydrogen-bond donors (Lipinski definition) is 3. The van der Waals surface area contributed by atoms with Crippen molar-refractivity contribution in [2.45, 2.75) is 38.1 Å². The number of benzene rings is 1. The van der Waals surface area contributed by atoms with Crippen molar-refractivity contribution in [1.82, 2.24) is 10.6 Å². The van der Waals surface area contributed by atoms with Crippen molar-refractivity contribution in [3.05, 3.63) is 29.8 Å². The summed E-state index contributed by atoms with van der Waals surface area (Å²) >= 11 is 0. The molecule has 3 N–H and O–H groups in total. The fraction of sp³-hybridized carbons (Fsp3) is 0.467. The number of carbonyl (C=O) groups excluding carboxylic acids is 2. The molecule has 5 nitrogen and oxygen atoms in total. The number of carbonyl (C=O) groups is 2. The maximum absolute atomic E-state index is 12.1. The standard InChI is InChI=1S/C15H21N3O2/c1-16-15(20)18-13-9-7-11(8-10-13)14(19)17-12-5-3-2-4-6-12/h7-10,12H,2-6H2,1H3,(H,17,19)(H2,16,18,20). The summed E-state index contributed by atoms with van der Waals surface area (Å²) in [5.74, 6) is -0.0385. The van der Waals surface area contributed by atoms with Gasteiger partial charge in [0.05, 0.1) is 0 Å². The van der Waals surface area contributed by atoms with Gasteiger partial charge >= 0.3 is 6.03 Å². The van der Waals surface area contributed by atoms with Gasteiger partial charge in [0.25, 0.3) is 5.91 Å². The van der Waals surface area contributed by atoms with E-state index in [9.17, 15) is 9.59 Å². The molecule has 1 saturated carbocycles. The Balaban J connectivity index is 1.91. The first-order valence-corrected chi connectivity index (χ1v) is 7.08. The minimum atomic E-state index is -0.274. The van der Waals surface area contributed by atoms with Crippen LogP contribution < -0.4 is 16.0 Å². The number of nitrogens with one attached hydrogen (secondary N) is 3. The summed E-state index contributed by atoms with van der Waals surface area (Å²) in [6, 6.07) is 6.94. The summed E-state index contributed by atoms with van der Waals surface area (Å²) in [6.07, 6.45) is 5.80. The minimum Gasteiger partial charge on any atom is -0.349 e. The van der Waals surface area contributed by atoms with E-state index >= 15 is 0 Å². The van der Waals surface area contributed by atoms with Crippen molar-refractivity contribution in [3.8, 4) is 0 Å². The zero-order chi connectivity index (χ0) is 14.4. The molecule has 5 heteroatoms. The van der Waals surface area contributed by atoms with Crippen molar-refractivity contribution in [1.29, 1.82) is 0 Å². The molecule has 0 aromatic heterocycles. The molecule has 108 valence electrons. The summed E-state index contributed by atoms with van der Waals surface area (Å²) in [4.78, 5) is 23.3. The summed E-state index contributed by atoms with van der Waals surface area (Å²) in [5.41, 5.74) is 1.29. The van der Waals surface area contributed by atoms with Crippen molar-refractivity contribution >= 4 is 17.6 Å². The van der Waals surface area contributed by atoms with Crippen molar-refractivity contribution in [2.75, 3.05) is 12.4 Å². The maximum atomic E-state index is 12.1. The molecule has 20 heavy (non-hydrogen) atoms. The van der Waals surface area contributed by atoms with E-state index in [2.05, 4.69) is 16.0 Å². The van der Waals surface area contributed by atoms with Gasteiger partial charge in [0.15, 0.2) is 0 Å². The lowest BCUT2D eigenvalue weighted by molar-refractivity contribution is 0.0927. The van der Waals surface area contributed by atoms with E-state index in [4.69, 9.17) is 0 Å². The molecule has 1 aliphatic carbocycles. The lowest BCUT2D eigenvalue weighted by Crippen LogP contribution is -2.36. The van der Waals surface area contributed by atoms with E-state index in [0.717, 1.165) is 12.8 Å². The molecule has 1 aliphatic rings. The monoisotopic (exact) mass is 275 g/mol. The molecule has 2 rings (SSSR count). The summed E-state index contributed by atoms with van der Waals surface area (Å²) in [7, 11) is 1.56. The predicted molar refractivity (Wildman–Crippen MR) is 78.9 cm³/mol. The average Bonchev–Trinajstić information content (AvgIpc) is 2.49. The van der Waals surface area contributed by atoms with Gasteiger partial charge in [-0.05, 0) is 37.1 Å². The fourth-order valence-electron chi connectivity index (χ4n) is 2.41. The molecule has 3 amide bonds. The Bertz CT molecular complexity index is 465. The molecular weight excluding hydrogens is 254 g/mol. The van der Waals surface area contributed by atoms with Gasteiger partial charge in [0.2, 0.25) is 0 Å². The van der Waals surface area contributed by atoms with Crippen LogP contribution in [0.1, 0.15) is 42.5 Å². The highest BCUT2D eigenvalue weighted by Gasteiger charge is 2.16. The Hall–Kier alpha value is -2.04. The van der Waals surface area contributed by atoms with Crippen LogP contribution >= 0.6 is 0 Å². The van der Waals surface area contributed by atoms with Crippen molar-refractivity contribution in [2.24, 2.45) is 0 Å². The Labute approximate surface area is 119 Å². The van der Waals surface area contributed by atoms with Crippen LogP contribution in [0.25, 0.3) is 0 Å². The van der Waals surface area contributed by atoms with Crippen LogP contribution in [0.15, 0.2) is 24.3 Å². The second-order valence-corrected chi connectivity index (χ2v) is 5.09. The van der Waals surface area contributed by atoms with Gasteiger partial charge in [0.1, 0.15) is 0 Å². The van der Waals surface area contributed by atoms with Crippen LogP contribution in [0.2, 0.25) is 0 Å². The number of rotatable bonds is 3. The van der Waals surface area contributed by atoms with Crippen LogP contribution in [0.3, 0.4) is 0 Å². The molecule has 1 aromatic rings. The molecule has 0 bridgehead atoms. The van der Waals surface area contributed by atoms with E-state index < -0.39 is 0 Å². The molecule has 0 heterocycles. The van der Waals surface area contributed by atoms with Crippen LogP contribution in [0.5, 0.6) is 0 Å². The van der Waals surface area contributed by atoms with E-state index in [1.54, 1.807) is 31.3 Å². The fourth-order valence-corrected chi connectivity index (χ4v) is 2.41. The van der Waals surface area contributed by atoms with Crippen molar-refractivity contribution in [3.63, 3.8) is 0 Å². The number of hydrogen-bond acceptors (Lipinski definition) is 2. The van der Waals surface area contributed by atoms with Crippen LogP contribution in [0.4, 0.5) is 10.5 Å². The largest absolute Gasteiger partial charge is 0.349 e. The Kier molecular flexibility index (Phi) is 4.98. The van der Waals surface area contributed by atoms with Gasteiger partial charge in [-0.15, -0.1) is 0 Å². The zero-order valence-corrected chi connectivity index (χ0v) is 11.7. The van der Waals surface area contributed by atoms with E-state index in [1.807, 2.05) is 0 Å². The predicted octanol–water partition coefficient (Wildman–Crippen LogP) is 2.50. The first-order chi connectivity index (χ1) is 9.69. The second-order valence-electron chi connectivity index (χ2n) is 5.09.